The SMILES string of the molecule is C=C/C=C(\C=C/C)COC(=O)C(C/C=C\C)[C@H](C)C(=N)OCCCCCCCC. The van der Waals surface area contributed by atoms with E-state index < -0.39 is 5.92 Å². The van der Waals surface area contributed by atoms with Gasteiger partial charge in [-0.25, -0.2) is 0 Å². The van der Waals surface area contributed by atoms with Gasteiger partial charge >= 0.3 is 5.97 Å². The van der Waals surface area contributed by atoms with Crippen LogP contribution in [0.15, 0.2) is 48.6 Å². The van der Waals surface area contributed by atoms with Gasteiger partial charge in [0.25, 0.3) is 0 Å². The van der Waals surface area contributed by atoms with Gasteiger partial charge < -0.3 is 9.47 Å². The number of esters is 1. The van der Waals surface area contributed by atoms with Crippen LogP contribution in [0.2, 0.25) is 0 Å². The molecule has 164 valence electrons. The Morgan fingerprint density at radius 1 is 1.07 bits per heavy atom. The molecule has 0 spiro atoms. The summed E-state index contributed by atoms with van der Waals surface area (Å²) in [7, 11) is 0. The summed E-state index contributed by atoms with van der Waals surface area (Å²) in [6.07, 6.45) is 18.7. The first-order chi connectivity index (χ1) is 14.0. The minimum absolute atomic E-state index is 0.167. The minimum Gasteiger partial charge on any atom is -0.481 e. The molecule has 0 amide bonds. The molecule has 0 rings (SSSR count). The van der Waals surface area contributed by atoms with E-state index in [9.17, 15) is 4.79 Å². The van der Waals surface area contributed by atoms with Crippen molar-refractivity contribution >= 4 is 11.9 Å². The number of carbonyl (C=O) groups excluding carboxylic acids is 1. The van der Waals surface area contributed by atoms with Gasteiger partial charge in [0, 0.05) is 5.92 Å². The molecule has 0 radical (unpaired) electrons. The first-order valence-electron chi connectivity index (χ1n) is 10.9. The largest absolute Gasteiger partial charge is 0.481 e. The van der Waals surface area contributed by atoms with Gasteiger partial charge in [-0.15, -0.1) is 0 Å². The van der Waals surface area contributed by atoms with Crippen LogP contribution in [0.3, 0.4) is 0 Å². The lowest BCUT2D eigenvalue weighted by Gasteiger charge is -2.22. The zero-order valence-corrected chi connectivity index (χ0v) is 18.9. The maximum absolute atomic E-state index is 12.7. The molecule has 0 heterocycles. The third-order valence-corrected chi connectivity index (χ3v) is 4.79. The van der Waals surface area contributed by atoms with Crippen LogP contribution in [0.4, 0.5) is 0 Å². The molecule has 0 aromatic rings. The van der Waals surface area contributed by atoms with Crippen molar-refractivity contribution in [2.45, 2.75) is 72.6 Å². The molecule has 0 aromatic carbocycles. The van der Waals surface area contributed by atoms with Gasteiger partial charge in [-0.3, -0.25) is 10.2 Å². The fourth-order valence-electron chi connectivity index (χ4n) is 2.94. The Morgan fingerprint density at radius 3 is 2.38 bits per heavy atom. The lowest BCUT2D eigenvalue weighted by atomic mass is 9.90. The third-order valence-electron chi connectivity index (χ3n) is 4.79. The van der Waals surface area contributed by atoms with Crippen molar-refractivity contribution < 1.29 is 14.3 Å². The van der Waals surface area contributed by atoms with Crippen LogP contribution < -0.4 is 0 Å². The number of nitrogens with one attached hydrogen (secondary N) is 1. The van der Waals surface area contributed by atoms with Crippen LogP contribution in [0, 0.1) is 17.2 Å². The molecule has 4 nitrogen and oxygen atoms in total. The second-order valence-corrected chi connectivity index (χ2v) is 7.27. The second-order valence-electron chi connectivity index (χ2n) is 7.27. The summed E-state index contributed by atoms with van der Waals surface area (Å²) >= 11 is 0. The van der Waals surface area contributed by atoms with Crippen LogP contribution in [-0.2, 0) is 14.3 Å². The van der Waals surface area contributed by atoms with Crippen LogP contribution in [0.1, 0.15) is 72.6 Å². The number of unbranched alkanes of at least 4 members (excludes halogenated alkanes) is 5. The Hall–Kier alpha value is -2.10. The normalized spacial score (nSPS) is 14.1. The number of ether oxygens (including phenoxy) is 2. The summed E-state index contributed by atoms with van der Waals surface area (Å²) in [5.41, 5.74) is 0.877. The van der Waals surface area contributed by atoms with Gasteiger partial charge in [0.2, 0.25) is 0 Å². The standard InChI is InChI=1S/C25H41NO3/c1-6-10-12-13-14-15-19-28-24(26)21(5)23(18-11-7-2)25(27)29-20-22(16-8-3)17-9-4/h7-9,11,16-17,21,23,26H,3,6,10,12-15,18-20H2,1-2,4-5H3/b11-7-,17-9-,22-16+,26-24?/t21-,23?/m0/s1. The van der Waals surface area contributed by atoms with Crippen molar-refractivity contribution in [3.05, 3.63) is 48.6 Å². The minimum atomic E-state index is -0.432. The van der Waals surface area contributed by atoms with E-state index in [4.69, 9.17) is 14.9 Å². The van der Waals surface area contributed by atoms with E-state index in [1.807, 2.05) is 51.2 Å². The van der Waals surface area contributed by atoms with E-state index in [1.165, 1.54) is 25.7 Å². The maximum atomic E-state index is 12.7. The van der Waals surface area contributed by atoms with Crippen LogP contribution in [0.25, 0.3) is 0 Å². The van der Waals surface area contributed by atoms with Crippen molar-refractivity contribution in [2.75, 3.05) is 13.2 Å². The molecule has 0 aromatic heterocycles. The zero-order chi connectivity index (χ0) is 21.9. The highest BCUT2D eigenvalue weighted by molar-refractivity contribution is 5.83. The Balaban J connectivity index is 4.67. The van der Waals surface area contributed by atoms with E-state index in [0.717, 1.165) is 18.4 Å². The molecule has 1 unspecified atom stereocenters. The number of carbonyl (C=O) groups is 1. The number of rotatable bonds is 16. The number of hydrogen-bond donors (Lipinski definition) is 1. The van der Waals surface area contributed by atoms with E-state index in [-0.39, 0.29) is 24.4 Å². The lowest BCUT2D eigenvalue weighted by molar-refractivity contribution is -0.148. The quantitative estimate of drug-likeness (QED) is 0.0770. The fourth-order valence-corrected chi connectivity index (χ4v) is 2.94. The lowest BCUT2D eigenvalue weighted by Crippen LogP contribution is -2.30. The molecule has 0 aliphatic carbocycles. The summed E-state index contributed by atoms with van der Waals surface area (Å²) in [6.45, 7) is 12.3. The van der Waals surface area contributed by atoms with Crippen molar-refractivity contribution in [1.29, 1.82) is 5.41 Å². The Labute approximate surface area is 178 Å². The molecule has 0 saturated carbocycles. The van der Waals surface area contributed by atoms with E-state index in [1.54, 1.807) is 6.08 Å². The highest BCUT2D eigenvalue weighted by atomic mass is 16.5. The van der Waals surface area contributed by atoms with Crippen molar-refractivity contribution in [1.82, 2.24) is 0 Å². The van der Waals surface area contributed by atoms with Crippen molar-refractivity contribution in [2.24, 2.45) is 11.8 Å². The average molecular weight is 404 g/mol. The summed E-state index contributed by atoms with van der Waals surface area (Å²) in [5, 5.41) is 8.26. The molecule has 0 aliphatic heterocycles. The number of hydrogen-bond acceptors (Lipinski definition) is 4. The smallest absolute Gasteiger partial charge is 0.310 e. The van der Waals surface area contributed by atoms with Crippen LogP contribution >= 0.6 is 0 Å². The van der Waals surface area contributed by atoms with Gasteiger partial charge in [-0.1, -0.05) is 89.0 Å². The Morgan fingerprint density at radius 2 is 1.76 bits per heavy atom. The zero-order valence-electron chi connectivity index (χ0n) is 18.9. The third kappa shape index (κ3) is 12.9. The second kappa shape index (κ2) is 18.0. The molecule has 1 N–H and O–H groups in total. The monoisotopic (exact) mass is 403 g/mol. The first-order valence-corrected chi connectivity index (χ1v) is 10.9. The Kier molecular flexibility index (Phi) is 16.7. The van der Waals surface area contributed by atoms with E-state index in [2.05, 4.69) is 13.5 Å². The summed E-state index contributed by atoms with van der Waals surface area (Å²) in [5.74, 6) is -0.894. The highest BCUT2D eigenvalue weighted by Crippen LogP contribution is 2.21. The van der Waals surface area contributed by atoms with Crippen molar-refractivity contribution in [3.8, 4) is 0 Å². The van der Waals surface area contributed by atoms with E-state index >= 15 is 0 Å². The fraction of sp³-hybridized carbons (Fsp3) is 0.600. The molecule has 0 saturated heterocycles. The predicted molar refractivity (Wildman–Crippen MR) is 123 cm³/mol. The van der Waals surface area contributed by atoms with Gasteiger partial charge in [-0.2, -0.15) is 0 Å². The molecule has 0 bridgehead atoms. The van der Waals surface area contributed by atoms with Crippen molar-refractivity contribution in [3.63, 3.8) is 0 Å². The van der Waals surface area contributed by atoms with Gasteiger partial charge in [-0.05, 0) is 32.3 Å². The molecule has 0 aliphatic rings. The summed E-state index contributed by atoms with van der Waals surface area (Å²) < 4.78 is 11.2. The summed E-state index contributed by atoms with van der Waals surface area (Å²) in [4.78, 5) is 12.7. The highest BCUT2D eigenvalue weighted by Gasteiger charge is 2.29. The summed E-state index contributed by atoms with van der Waals surface area (Å²) in [6, 6.07) is 0. The molecule has 29 heavy (non-hydrogen) atoms. The average Bonchev–Trinajstić information content (AvgIpc) is 2.71. The van der Waals surface area contributed by atoms with Gasteiger partial charge in [0.1, 0.15) is 6.61 Å². The number of allylic oxidation sites excluding steroid dienone is 5. The molecular formula is C25H41NO3. The molecule has 2 atom stereocenters. The molecular weight excluding hydrogens is 362 g/mol. The van der Waals surface area contributed by atoms with Gasteiger partial charge in [0.15, 0.2) is 5.90 Å². The predicted octanol–water partition coefficient (Wildman–Crippen LogP) is 6.79. The Bertz CT molecular complexity index is 560. The van der Waals surface area contributed by atoms with Crippen LogP contribution in [-0.4, -0.2) is 25.1 Å². The maximum Gasteiger partial charge on any atom is 0.310 e. The topological polar surface area (TPSA) is 59.4 Å². The molecule has 0 fully saturated rings. The molecule has 4 heteroatoms. The van der Waals surface area contributed by atoms with Gasteiger partial charge in [0.05, 0.1) is 12.5 Å². The first kappa shape index (κ1) is 26.9. The van der Waals surface area contributed by atoms with Crippen LogP contribution in [0.5, 0.6) is 0 Å². The van der Waals surface area contributed by atoms with E-state index in [0.29, 0.717) is 13.0 Å².